The lowest BCUT2D eigenvalue weighted by atomic mass is 9.87. The van der Waals surface area contributed by atoms with Crippen LogP contribution in [0.5, 0.6) is 0 Å². The molecule has 0 spiro atoms. The monoisotopic (exact) mass is 286 g/mol. The van der Waals surface area contributed by atoms with Gasteiger partial charge in [0.2, 0.25) is 5.92 Å². The standard InChI is InChI=1S/C14H22O6/c1-4-19-12(16)10(13(17)20-5-2)11(15)14(18-3)8-6-7-9-14/h10H,4-9H2,1-3H3. The summed E-state index contributed by atoms with van der Waals surface area (Å²) in [5.74, 6) is -3.82. The zero-order valence-electron chi connectivity index (χ0n) is 12.3. The molecule has 0 bridgehead atoms. The number of esters is 2. The fourth-order valence-electron chi connectivity index (χ4n) is 2.52. The lowest BCUT2D eigenvalue weighted by molar-refractivity contribution is -0.170. The normalized spacial score (nSPS) is 17.0. The molecule has 0 saturated heterocycles. The summed E-state index contributed by atoms with van der Waals surface area (Å²) in [6.07, 6.45) is 2.69. The molecule has 1 aliphatic carbocycles. The van der Waals surface area contributed by atoms with Crippen molar-refractivity contribution >= 4 is 17.7 Å². The zero-order chi connectivity index (χ0) is 15.2. The summed E-state index contributed by atoms with van der Waals surface area (Å²) < 4.78 is 15.0. The highest BCUT2D eigenvalue weighted by atomic mass is 16.6. The van der Waals surface area contributed by atoms with Crippen LogP contribution in [0.15, 0.2) is 0 Å². The van der Waals surface area contributed by atoms with Gasteiger partial charge in [0.15, 0.2) is 5.78 Å². The molecule has 0 aromatic carbocycles. The third-order valence-corrected chi connectivity index (χ3v) is 3.56. The number of ketones is 1. The summed E-state index contributed by atoms with van der Waals surface area (Å²) in [5, 5.41) is 0. The Labute approximate surface area is 118 Å². The van der Waals surface area contributed by atoms with E-state index in [0.29, 0.717) is 12.8 Å². The summed E-state index contributed by atoms with van der Waals surface area (Å²) in [4.78, 5) is 36.4. The number of carbonyl (C=O) groups excluding carboxylic acids is 3. The average molecular weight is 286 g/mol. The summed E-state index contributed by atoms with van der Waals surface area (Å²) in [6, 6.07) is 0. The number of carbonyl (C=O) groups is 3. The molecule has 0 aliphatic heterocycles. The van der Waals surface area contributed by atoms with Gasteiger partial charge in [0.05, 0.1) is 13.2 Å². The maximum atomic E-state index is 12.6. The number of hydrogen-bond donors (Lipinski definition) is 0. The van der Waals surface area contributed by atoms with Gasteiger partial charge in [-0.3, -0.25) is 14.4 Å². The third kappa shape index (κ3) is 3.36. The second-order valence-electron chi connectivity index (χ2n) is 4.71. The maximum absolute atomic E-state index is 12.6. The minimum atomic E-state index is -1.55. The third-order valence-electron chi connectivity index (χ3n) is 3.56. The van der Waals surface area contributed by atoms with Gasteiger partial charge in [-0.05, 0) is 39.5 Å². The van der Waals surface area contributed by atoms with E-state index in [4.69, 9.17) is 14.2 Å². The summed E-state index contributed by atoms with van der Waals surface area (Å²) in [7, 11) is 1.43. The Morgan fingerprint density at radius 3 is 1.80 bits per heavy atom. The number of rotatable bonds is 7. The first-order chi connectivity index (χ1) is 9.52. The summed E-state index contributed by atoms with van der Waals surface area (Å²) in [6.45, 7) is 3.43. The smallest absolute Gasteiger partial charge is 0.328 e. The van der Waals surface area contributed by atoms with Crippen molar-refractivity contribution < 1.29 is 28.6 Å². The van der Waals surface area contributed by atoms with Gasteiger partial charge in [-0.1, -0.05) is 0 Å². The van der Waals surface area contributed by atoms with E-state index < -0.39 is 29.2 Å². The lowest BCUT2D eigenvalue weighted by Crippen LogP contribution is -2.48. The SMILES string of the molecule is CCOC(=O)C(C(=O)OCC)C(=O)C1(OC)CCCC1. The molecular weight excluding hydrogens is 264 g/mol. The van der Waals surface area contributed by atoms with Crippen molar-refractivity contribution in [2.45, 2.75) is 45.1 Å². The highest BCUT2D eigenvalue weighted by Crippen LogP contribution is 2.36. The molecule has 0 amide bonds. The number of hydrogen-bond acceptors (Lipinski definition) is 6. The van der Waals surface area contributed by atoms with Crippen molar-refractivity contribution in [3.05, 3.63) is 0 Å². The quantitative estimate of drug-likeness (QED) is 0.518. The van der Waals surface area contributed by atoms with Crippen LogP contribution < -0.4 is 0 Å². The van der Waals surface area contributed by atoms with E-state index in [0.717, 1.165) is 12.8 Å². The minimum absolute atomic E-state index is 0.0992. The summed E-state index contributed by atoms with van der Waals surface area (Å²) >= 11 is 0. The van der Waals surface area contributed by atoms with Crippen LogP contribution >= 0.6 is 0 Å². The second-order valence-corrected chi connectivity index (χ2v) is 4.71. The van der Waals surface area contributed by atoms with Gasteiger partial charge < -0.3 is 14.2 Å². The van der Waals surface area contributed by atoms with Crippen LogP contribution in [-0.4, -0.2) is 43.6 Å². The van der Waals surface area contributed by atoms with Crippen LogP contribution in [0.4, 0.5) is 0 Å². The largest absolute Gasteiger partial charge is 0.465 e. The molecule has 0 N–H and O–H groups in total. The molecule has 114 valence electrons. The van der Waals surface area contributed by atoms with Crippen molar-refractivity contribution in [3.8, 4) is 0 Å². The average Bonchev–Trinajstić information content (AvgIpc) is 2.89. The van der Waals surface area contributed by atoms with Crippen LogP contribution in [-0.2, 0) is 28.6 Å². The van der Waals surface area contributed by atoms with Crippen molar-refractivity contribution in [1.29, 1.82) is 0 Å². The molecule has 0 radical (unpaired) electrons. The van der Waals surface area contributed by atoms with Crippen molar-refractivity contribution in [2.24, 2.45) is 5.92 Å². The van der Waals surface area contributed by atoms with Gasteiger partial charge in [0, 0.05) is 7.11 Å². The van der Waals surface area contributed by atoms with Gasteiger partial charge in [-0.25, -0.2) is 0 Å². The van der Waals surface area contributed by atoms with E-state index in [-0.39, 0.29) is 13.2 Å². The first-order valence-corrected chi connectivity index (χ1v) is 6.95. The molecule has 6 heteroatoms. The predicted octanol–water partition coefficient (Wildman–Crippen LogP) is 1.26. The fourth-order valence-corrected chi connectivity index (χ4v) is 2.52. The Kier molecular flexibility index (Phi) is 6.13. The molecule has 1 fully saturated rings. The number of methoxy groups -OCH3 is 1. The fraction of sp³-hybridized carbons (Fsp3) is 0.786. The molecule has 20 heavy (non-hydrogen) atoms. The Morgan fingerprint density at radius 2 is 1.45 bits per heavy atom. The first kappa shape index (κ1) is 16.6. The Bertz CT molecular complexity index is 352. The highest BCUT2D eigenvalue weighted by Gasteiger charge is 2.50. The number of ether oxygens (including phenoxy) is 3. The van der Waals surface area contributed by atoms with Crippen LogP contribution in [0.3, 0.4) is 0 Å². The molecule has 0 atom stereocenters. The topological polar surface area (TPSA) is 78.9 Å². The molecule has 0 aromatic rings. The van der Waals surface area contributed by atoms with Crippen LogP contribution in [0.1, 0.15) is 39.5 Å². The maximum Gasteiger partial charge on any atom is 0.328 e. The number of Topliss-reactive ketones (excluding diaryl/α,β-unsaturated/α-hetero) is 1. The van der Waals surface area contributed by atoms with Gasteiger partial charge in [-0.2, -0.15) is 0 Å². The van der Waals surface area contributed by atoms with E-state index in [1.807, 2.05) is 0 Å². The minimum Gasteiger partial charge on any atom is -0.465 e. The molecule has 1 aliphatic rings. The van der Waals surface area contributed by atoms with E-state index in [1.54, 1.807) is 13.8 Å². The van der Waals surface area contributed by atoms with Crippen molar-refractivity contribution in [1.82, 2.24) is 0 Å². The lowest BCUT2D eigenvalue weighted by Gasteiger charge is -2.28. The Hall–Kier alpha value is -1.43. The van der Waals surface area contributed by atoms with E-state index >= 15 is 0 Å². The first-order valence-electron chi connectivity index (χ1n) is 6.95. The Balaban J connectivity index is 2.99. The molecule has 1 rings (SSSR count). The van der Waals surface area contributed by atoms with Gasteiger partial charge in [0.25, 0.3) is 0 Å². The van der Waals surface area contributed by atoms with Gasteiger partial charge >= 0.3 is 11.9 Å². The van der Waals surface area contributed by atoms with E-state index in [2.05, 4.69) is 0 Å². The predicted molar refractivity (Wildman–Crippen MR) is 70.0 cm³/mol. The second kappa shape index (κ2) is 7.38. The zero-order valence-corrected chi connectivity index (χ0v) is 12.3. The molecular formula is C14H22O6. The highest BCUT2D eigenvalue weighted by molar-refractivity contribution is 6.17. The van der Waals surface area contributed by atoms with Crippen molar-refractivity contribution in [3.63, 3.8) is 0 Å². The van der Waals surface area contributed by atoms with Gasteiger partial charge in [-0.15, -0.1) is 0 Å². The molecule has 1 saturated carbocycles. The van der Waals surface area contributed by atoms with E-state index in [1.165, 1.54) is 7.11 Å². The van der Waals surface area contributed by atoms with Crippen LogP contribution in [0, 0.1) is 5.92 Å². The molecule has 0 heterocycles. The van der Waals surface area contributed by atoms with E-state index in [9.17, 15) is 14.4 Å². The Morgan fingerprint density at radius 1 is 1.00 bits per heavy atom. The van der Waals surface area contributed by atoms with Gasteiger partial charge in [0.1, 0.15) is 5.60 Å². The molecule has 6 nitrogen and oxygen atoms in total. The summed E-state index contributed by atoms with van der Waals surface area (Å²) in [5.41, 5.74) is -1.07. The molecule has 0 aromatic heterocycles. The van der Waals surface area contributed by atoms with Crippen molar-refractivity contribution in [2.75, 3.05) is 20.3 Å². The van der Waals surface area contributed by atoms with Crippen LogP contribution in [0.2, 0.25) is 0 Å². The van der Waals surface area contributed by atoms with Crippen LogP contribution in [0.25, 0.3) is 0 Å². The molecule has 0 unspecified atom stereocenters.